The summed E-state index contributed by atoms with van der Waals surface area (Å²) in [6.45, 7) is 2.16. The molecule has 3 N–H and O–H groups in total. The van der Waals surface area contributed by atoms with Gasteiger partial charge < -0.3 is 15.7 Å². The van der Waals surface area contributed by atoms with E-state index in [2.05, 4.69) is 26.6 Å². The Morgan fingerprint density at radius 2 is 2.11 bits per heavy atom. The number of anilines is 1. The first-order chi connectivity index (χ1) is 8.90. The highest BCUT2D eigenvalue weighted by atomic mass is 79.9. The largest absolute Gasteiger partial charge is 0.481 e. The molecule has 0 aliphatic rings. The van der Waals surface area contributed by atoms with E-state index in [1.54, 1.807) is 6.07 Å². The second-order valence-electron chi connectivity index (χ2n) is 3.96. The lowest BCUT2D eigenvalue weighted by molar-refractivity contribution is -0.137. The molecule has 0 saturated heterocycles. The van der Waals surface area contributed by atoms with Gasteiger partial charge in [0.2, 0.25) is 0 Å². The van der Waals surface area contributed by atoms with Crippen LogP contribution in [-0.4, -0.2) is 23.7 Å². The summed E-state index contributed by atoms with van der Waals surface area (Å²) in [7, 11) is 0. The quantitative estimate of drug-likeness (QED) is 0.713. The Labute approximate surface area is 124 Å². The van der Waals surface area contributed by atoms with Gasteiger partial charge in [-0.25, -0.2) is 4.79 Å². The fraction of sp³-hybridized carbons (Fsp3) is 0.333. The lowest BCUT2D eigenvalue weighted by Gasteiger charge is -2.10. The van der Waals surface area contributed by atoms with Crippen LogP contribution in [0.1, 0.15) is 18.4 Å². The number of benzene rings is 1. The Bertz CT molecular complexity index is 494. The zero-order valence-electron chi connectivity index (χ0n) is 10.3. The van der Waals surface area contributed by atoms with E-state index in [0.717, 1.165) is 10.0 Å². The fourth-order valence-electron chi connectivity index (χ4n) is 1.35. The molecule has 0 aliphatic carbocycles. The van der Waals surface area contributed by atoms with Crippen molar-refractivity contribution in [2.75, 3.05) is 11.9 Å². The van der Waals surface area contributed by atoms with Crippen LogP contribution < -0.4 is 10.6 Å². The normalized spacial score (nSPS) is 10.1. The molecule has 0 bridgehead atoms. The number of carbonyl (C=O) groups excluding carboxylic acids is 1. The SMILES string of the molecule is Cc1cc(Br)c(NC(=O)NCCCC(=O)O)cc1Cl. The van der Waals surface area contributed by atoms with Crippen molar-refractivity contribution in [3.05, 3.63) is 27.2 Å². The predicted octanol–water partition coefficient (Wildman–Crippen LogP) is 3.40. The van der Waals surface area contributed by atoms with Crippen LogP contribution in [0.15, 0.2) is 16.6 Å². The van der Waals surface area contributed by atoms with E-state index in [4.69, 9.17) is 16.7 Å². The molecule has 0 aromatic heterocycles. The first kappa shape index (κ1) is 15.8. The Morgan fingerprint density at radius 3 is 2.74 bits per heavy atom. The fourth-order valence-corrected chi connectivity index (χ4v) is 2.07. The number of aliphatic carboxylic acids is 1. The zero-order chi connectivity index (χ0) is 14.4. The van der Waals surface area contributed by atoms with E-state index in [0.29, 0.717) is 23.7 Å². The van der Waals surface area contributed by atoms with E-state index < -0.39 is 12.0 Å². The average Bonchev–Trinajstić information content (AvgIpc) is 2.31. The number of hydrogen-bond donors (Lipinski definition) is 3. The highest BCUT2D eigenvalue weighted by molar-refractivity contribution is 9.10. The van der Waals surface area contributed by atoms with E-state index in [1.165, 1.54) is 0 Å². The Morgan fingerprint density at radius 1 is 1.42 bits per heavy atom. The topological polar surface area (TPSA) is 78.4 Å². The third-order valence-electron chi connectivity index (χ3n) is 2.35. The van der Waals surface area contributed by atoms with Crippen molar-refractivity contribution in [2.24, 2.45) is 0 Å². The number of halogens is 2. The number of aryl methyl sites for hydroxylation is 1. The van der Waals surface area contributed by atoms with Crippen LogP contribution in [-0.2, 0) is 4.79 Å². The third-order valence-corrected chi connectivity index (χ3v) is 3.41. The van der Waals surface area contributed by atoms with Gasteiger partial charge in [0, 0.05) is 22.5 Å². The van der Waals surface area contributed by atoms with Gasteiger partial charge in [0.25, 0.3) is 0 Å². The maximum Gasteiger partial charge on any atom is 0.319 e. The number of amides is 2. The molecule has 0 aliphatic heterocycles. The maximum atomic E-state index is 11.6. The van der Waals surface area contributed by atoms with Crippen LogP contribution in [0.3, 0.4) is 0 Å². The van der Waals surface area contributed by atoms with Crippen molar-refractivity contribution in [3.8, 4) is 0 Å². The van der Waals surface area contributed by atoms with E-state index in [9.17, 15) is 9.59 Å². The minimum atomic E-state index is -0.879. The summed E-state index contributed by atoms with van der Waals surface area (Å²) < 4.78 is 0.732. The van der Waals surface area contributed by atoms with Gasteiger partial charge in [-0.05, 0) is 47.0 Å². The lowest BCUT2D eigenvalue weighted by Crippen LogP contribution is -2.29. The van der Waals surface area contributed by atoms with Gasteiger partial charge >= 0.3 is 12.0 Å². The standard InChI is InChI=1S/C12H14BrClN2O3/c1-7-5-8(13)10(6-9(7)14)16-12(19)15-4-2-3-11(17)18/h5-6H,2-4H2,1H3,(H,17,18)(H2,15,16,19). The van der Waals surface area contributed by atoms with Crippen LogP contribution >= 0.6 is 27.5 Å². The molecule has 0 saturated carbocycles. The monoisotopic (exact) mass is 348 g/mol. The molecule has 19 heavy (non-hydrogen) atoms. The molecule has 2 amide bonds. The highest BCUT2D eigenvalue weighted by Crippen LogP contribution is 2.28. The van der Waals surface area contributed by atoms with Crippen LogP contribution in [0, 0.1) is 6.92 Å². The molecule has 0 atom stereocenters. The van der Waals surface area contributed by atoms with Crippen molar-refractivity contribution < 1.29 is 14.7 Å². The van der Waals surface area contributed by atoms with Crippen LogP contribution in [0.25, 0.3) is 0 Å². The molecule has 0 unspecified atom stereocenters. The lowest BCUT2D eigenvalue weighted by atomic mass is 10.2. The van der Waals surface area contributed by atoms with Gasteiger partial charge in [-0.2, -0.15) is 0 Å². The summed E-state index contributed by atoms with van der Waals surface area (Å²) in [5.41, 5.74) is 1.47. The van der Waals surface area contributed by atoms with Crippen molar-refractivity contribution in [1.29, 1.82) is 0 Å². The molecule has 7 heteroatoms. The van der Waals surface area contributed by atoms with Crippen molar-refractivity contribution in [2.45, 2.75) is 19.8 Å². The molecule has 1 aromatic carbocycles. The highest BCUT2D eigenvalue weighted by Gasteiger charge is 2.08. The summed E-state index contributed by atoms with van der Waals surface area (Å²) in [4.78, 5) is 21.9. The number of carboxylic acid groups (broad SMARTS) is 1. The van der Waals surface area contributed by atoms with Crippen LogP contribution in [0.4, 0.5) is 10.5 Å². The number of rotatable bonds is 5. The number of carboxylic acids is 1. The summed E-state index contributed by atoms with van der Waals surface area (Å²) in [6, 6.07) is 3.06. The van der Waals surface area contributed by atoms with Crippen LogP contribution in [0.5, 0.6) is 0 Å². The second-order valence-corrected chi connectivity index (χ2v) is 5.22. The van der Waals surface area contributed by atoms with Crippen molar-refractivity contribution in [1.82, 2.24) is 5.32 Å². The van der Waals surface area contributed by atoms with Gasteiger partial charge in [-0.1, -0.05) is 11.6 Å². The van der Waals surface area contributed by atoms with Crippen molar-refractivity contribution in [3.63, 3.8) is 0 Å². The first-order valence-electron chi connectivity index (χ1n) is 5.62. The minimum Gasteiger partial charge on any atom is -0.481 e. The van der Waals surface area contributed by atoms with Gasteiger partial charge in [-0.15, -0.1) is 0 Å². The molecule has 0 radical (unpaired) electrons. The molecule has 1 aromatic rings. The number of urea groups is 1. The molecular formula is C12H14BrClN2O3. The maximum absolute atomic E-state index is 11.6. The van der Waals surface area contributed by atoms with E-state index in [1.807, 2.05) is 13.0 Å². The summed E-state index contributed by atoms with van der Waals surface area (Å²) in [5.74, 6) is -0.879. The third kappa shape index (κ3) is 5.48. The molecule has 104 valence electrons. The minimum absolute atomic E-state index is 0.0281. The van der Waals surface area contributed by atoms with Gasteiger partial charge in [0.15, 0.2) is 0 Å². The summed E-state index contributed by atoms with van der Waals surface area (Å²) >= 11 is 9.30. The Hall–Kier alpha value is -1.27. The van der Waals surface area contributed by atoms with Gasteiger partial charge in [0.1, 0.15) is 0 Å². The Kier molecular flexibility index (Phi) is 6.11. The molecule has 0 heterocycles. The first-order valence-corrected chi connectivity index (χ1v) is 6.79. The number of carbonyl (C=O) groups is 2. The molecular weight excluding hydrogens is 336 g/mol. The molecule has 0 fully saturated rings. The molecule has 0 spiro atoms. The van der Waals surface area contributed by atoms with E-state index in [-0.39, 0.29) is 6.42 Å². The summed E-state index contributed by atoms with van der Waals surface area (Å²) in [5, 5.41) is 14.2. The van der Waals surface area contributed by atoms with E-state index >= 15 is 0 Å². The van der Waals surface area contributed by atoms with Gasteiger partial charge in [-0.3, -0.25) is 4.79 Å². The zero-order valence-corrected chi connectivity index (χ0v) is 12.6. The molecule has 1 rings (SSSR count). The number of hydrogen-bond acceptors (Lipinski definition) is 2. The predicted molar refractivity (Wildman–Crippen MR) is 77.8 cm³/mol. The number of nitrogens with one attached hydrogen (secondary N) is 2. The Balaban J connectivity index is 2.48. The second kappa shape index (κ2) is 7.35. The van der Waals surface area contributed by atoms with Gasteiger partial charge in [0.05, 0.1) is 5.69 Å². The van der Waals surface area contributed by atoms with Crippen molar-refractivity contribution >= 4 is 45.2 Å². The summed E-state index contributed by atoms with van der Waals surface area (Å²) in [6.07, 6.45) is 0.416. The average molecular weight is 350 g/mol. The molecule has 5 nitrogen and oxygen atoms in total. The van der Waals surface area contributed by atoms with Crippen LogP contribution in [0.2, 0.25) is 5.02 Å². The smallest absolute Gasteiger partial charge is 0.319 e.